The van der Waals surface area contributed by atoms with E-state index in [0.717, 1.165) is 29.5 Å². The van der Waals surface area contributed by atoms with Crippen LogP contribution in [0.4, 0.5) is 0 Å². The lowest BCUT2D eigenvalue weighted by Crippen LogP contribution is -2.34. The summed E-state index contributed by atoms with van der Waals surface area (Å²) in [5.41, 5.74) is 2.12. The van der Waals surface area contributed by atoms with Crippen LogP contribution in [0.15, 0.2) is 6.07 Å². The third kappa shape index (κ3) is 1.62. The van der Waals surface area contributed by atoms with Crippen LogP contribution in [0.3, 0.4) is 0 Å². The molecule has 1 N–H and O–H groups in total. The number of hydrogen-bond acceptors (Lipinski definition) is 3. The molecular formula is C15H18O4. The molecule has 4 nitrogen and oxygen atoms in total. The fraction of sp³-hybridized carbons (Fsp3) is 0.533. The summed E-state index contributed by atoms with van der Waals surface area (Å²) in [6.45, 7) is 4.15. The summed E-state index contributed by atoms with van der Waals surface area (Å²) < 4.78 is 11.0. The Morgan fingerprint density at radius 3 is 2.58 bits per heavy atom. The SMILES string of the molecule is Cc1cc2c(c(C3(C(=O)O)CCCC3)c1C)OCO2. The number of hydrogen-bond donors (Lipinski definition) is 1. The lowest BCUT2D eigenvalue weighted by molar-refractivity contribution is -0.143. The summed E-state index contributed by atoms with van der Waals surface area (Å²) in [5, 5.41) is 9.77. The van der Waals surface area contributed by atoms with Crippen molar-refractivity contribution in [2.24, 2.45) is 0 Å². The summed E-state index contributed by atoms with van der Waals surface area (Å²) >= 11 is 0. The highest BCUT2D eigenvalue weighted by Crippen LogP contribution is 2.51. The molecule has 0 amide bonds. The third-order valence-electron chi connectivity index (χ3n) is 4.53. The summed E-state index contributed by atoms with van der Waals surface area (Å²) in [4.78, 5) is 11.9. The molecule has 0 aromatic heterocycles. The molecule has 102 valence electrons. The molecule has 0 bridgehead atoms. The number of aryl methyl sites for hydroxylation is 1. The van der Waals surface area contributed by atoms with Gasteiger partial charge in [0.25, 0.3) is 0 Å². The Morgan fingerprint density at radius 1 is 1.26 bits per heavy atom. The van der Waals surface area contributed by atoms with Gasteiger partial charge < -0.3 is 14.6 Å². The van der Waals surface area contributed by atoms with Gasteiger partial charge in [0.1, 0.15) is 0 Å². The van der Waals surface area contributed by atoms with Crippen LogP contribution in [0.2, 0.25) is 0 Å². The Bertz CT molecular complexity index is 542. The Hall–Kier alpha value is -1.71. The number of carboxylic acid groups (broad SMARTS) is 1. The molecule has 1 fully saturated rings. The van der Waals surface area contributed by atoms with Crippen LogP contribution in [0.5, 0.6) is 11.5 Å². The Kier molecular flexibility index (Phi) is 2.69. The van der Waals surface area contributed by atoms with E-state index < -0.39 is 11.4 Å². The predicted octanol–water partition coefficient (Wildman–Crippen LogP) is 2.93. The second-order valence-electron chi connectivity index (χ2n) is 5.52. The first-order valence-electron chi connectivity index (χ1n) is 6.70. The largest absolute Gasteiger partial charge is 0.481 e. The van der Waals surface area contributed by atoms with E-state index >= 15 is 0 Å². The van der Waals surface area contributed by atoms with Gasteiger partial charge in [-0.05, 0) is 43.9 Å². The molecule has 1 heterocycles. The topological polar surface area (TPSA) is 55.8 Å². The van der Waals surface area contributed by atoms with E-state index in [1.54, 1.807) is 0 Å². The van der Waals surface area contributed by atoms with E-state index in [4.69, 9.17) is 9.47 Å². The zero-order valence-corrected chi connectivity index (χ0v) is 11.3. The Morgan fingerprint density at radius 2 is 1.95 bits per heavy atom. The van der Waals surface area contributed by atoms with Crippen LogP contribution in [-0.4, -0.2) is 17.9 Å². The van der Waals surface area contributed by atoms with Crippen LogP contribution in [0.1, 0.15) is 42.4 Å². The monoisotopic (exact) mass is 262 g/mol. The zero-order valence-electron chi connectivity index (χ0n) is 11.3. The van der Waals surface area contributed by atoms with Crippen molar-refractivity contribution in [2.75, 3.05) is 6.79 Å². The number of ether oxygens (including phenoxy) is 2. The molecule has 3 rings (SSSR count). The minimum atomic E-state index is -0.798. The van der Waals surface area contributed by atoms with Crippen molar-refractivity contribution in [1.82, 2.24) is 0 Å². The van der Waals surface area contributed by atoms with E-state index in [1.165, 1.54) is 0 Å². The van der Waals surface area contributed by atoms with Gasteiger partial charge in [0.05, 0.1) is 5.41 Å². The molecular weight excluding hydrogens is 244 g/mol. The molecule has 0 saturated heterocycles. The van der Waals surface area contributed by atoms with Gasteiger partial charge >= 0.3 is 5.97 Å². The van der Waals surface area contributed by atoms with Gasteiger partial charge in [0, 0.05) is 5.56 Å². The van der Waals surface area contributed by atoms with Crippen LogP contribution in [0, 0.1) is 13.8 Å². The van der Waals surface area contributed by atoms with Gasteiger partial charge in [-0.25, -0.2) is 0 Å². The molecule has 2 aliphatic rings. The number of rotatable bonds is 2. The highest BCUT2D eigenvalue weighted by Gasteiger charge is 2.47. The first kappa shape index (κ1) is 12.3. The fourth-order valence-electron chi connectivity index (χ4n) is 3.39. The zero-order chi connectivity index (χ0) is 13.6. The number of benzene rings is 1. The van der Waals surface area contributed by atoms with Gasteiger partial charge in [-0.3, -0.25) is 4.79 Å². The standard InChI is InChI=1S/C15H18O4/c1-9-7-11-13(19-8-18-11)12(10(9)2)15(14(16)17)5-3-4-6-15/h7H,3-6,8H2,1-2H3,(H,16,17). The average Bonchev–Trinajstić information content (AvgIpc) is 2.99. The van der Waals surface area contributed by atoms with Gasteiger partial charge in [-0.1, -0.05) is 12.8 Å². The van der Waals surface area contributed by atoms with Crippen LogP contribution in [0.25, 0.3) is 0 Å². The number of aliphatic carboxylic acids is 1. The van der Waals surface area contributed by atoms with Crippen molar-refractivity contribution < 1.29 is 19.4 Å². The molecule has 1 aliphatic heterocycles. The number of carboxylic acids is 1. The maximum atomic E-state index is 11.9. The van der Waals surface area contributed by atoms with Gasteiger partial charge in [-0.2, -0.15) is 0 Å². The molecule has 1 aromatic carbocycles. The predicted molar refractivity (Wildman–Crippen MR) is 69.8 cm³/mol. The minimum Gasteiger partial charge on any atom is -0.481 e. The van der Waals surface area contributed by atoms with Gasteiger partial charge in [0.2, 0.25) is 6.79 Å². The van der Waals surface area contributed by atoms with Crippen LogP contribution < -0.4 is 9.47 Å². The van der Waals surface area contributed by atoms with E-state index in [1.807, 2.05) is 19.9 Å². The van der Waals surface area contributed by atoms with Crippen LogP contribution >= 0.6 is 0 Å². The first-order valence-corrected chi connectivity index (χ1v) is 6.70. The molecule has 0 unspecified atom stereocenters. The number of fused-ring (bicyclic) bond motifs is 1. The lowest BCUT2D eigenvalue weighted by atomic mass is 9.75. The Labute approximate surface area is 112 Å². The summed E-state index contributed by atoms with van der Waals surface area (Å²) in [6.07, 6.45) is 3.27. The van der Waals surface area contributed by atoms with Crippen molar-refractivity contribution in [3.63, 3.8) is 0 Å². The smallest absolute Gasteiger partial charge is 0.314 e. The second-order valence-corrected chi connectivity index (χ2v) is 5.52. The van der Waals surface area contributed by atoms with Crippen LogP contribution in [-0.2, 0) is 10.2 Å². The number of carbonyl (C=O) groups is 1. The van der Waals surface area contributed by atoms with E-state index in [0.29, 0.717) is 24.3 Å². The molecule has 0 radical (unpaired) electrons. The van der Waals surface area contributed by atoms with E-state index in [9.17, 15) is 9.90 Å². The lowest BCUT2D eigenvalue weighted by Gasteiger charge is -2.28. The van der Waals surface area contributed by atoms with Crippen molar-refractivity contribution in [2.45, 2.75) is 44.9 Å². The van der Waals surface area contributed by atoms with Crippen molar-refractivity contribution in [3.05, 3.63) is 22.8 Å². The molecule has 1 aliphatic carbocycles. The van der Waals surface area contributed by atoms with Crippen molar-refractivity contribution in [1.29, 1.82) is 0 Å². The molecule has 19 heavy (non-hydrogen) atoms. The molecule has 4 heteroatoms. The van der Waals surface area contributed by atoms with Crippen molar-refractivity contribution >= 4 is 5.97 Å². The van der Waals surface area contributed by atoms with Gasteiger partial charge in [-0.15, -0.1) is 0 Å². The normalized spacial score (nSPS) is 19.7. The van der Waals surface area contributed by atoms with Gasteiger partial charge in [0.15, 0.2) is 11.5 Å². The highest BCUT2D eigenvalue weighted by atomic mass is 16.7. The molecule has 1 saturated carbocycles. The third-order valence-corrected chi connectivity index (χ3v) is 4.53. The second kappa shape index (κ2) is 4.15. The first-order chi connectivity index (χ1) is 9.06. The maximum Gasteiger partial charge on any atom is 0.314 e. The van der Waals surface area contributed by atoms with E-state index in [2.05, 4.69) is 0 Å². The highest BCUT2D eigenvalue weighted by molar-refractivity contribution is 5.84. The summed E-state index contributed by atoms with van der Waals surface area (Å²) in [7, 11) is 0. The Balaban J connectivity index is 2.27. The average molecular weight is 262 g/mol. The summed E-state index contributed by atoms with van der Waals surface area (Å²) in [6, 6.07) is 1.94. The summed E-state index contributed by atoms with van der Waals surface area (Å²) in [5.74, 6) is 0.592. The van der Waals surface area contributed by atoms with E-state index in [-0.39, 0.29) is 6.79 Å². The molecule has 0 spiro atoms. The minimum absolute atomic E-state index is 0.181. The maximum absolute atomic E-state index is 11.9. The molecule has 1 aromatic rings. The van der Waals surface area contributed by atoms with Crippen molar-refractivity contribution in [3.8, 4) is 11.5 Å². The fourth-order valence-corrected chi connectivity index (χ4v) is 3.39. The molecule has 0 atom stereocenters. The quantitative estimate of drug-likeness (QED) is 0.890.